The molecule has 0 amide bonds. The van der Waals surface area contributed by atoms with Crippen LogP contribution in [-0.2, 0) is 0 Å². The monoisotopic (exact) mass is 358 g/mol. The van der Waals surface area contributed by atoms with Gasteiger partial charge in [0.2, 0.25) is 5.95 Å². The number of nitrogens with zero attached hydrogens (tertiary/aromatic N) is 4. The molecule has 3 aromatic rings. The zero-order valence-corrected chi connectivity index (χ0v) is 14.5. The molecule has 0 unspecified atom stereocenters. The highest BCUT2D eigenvalue weighted by atomic mass is 35.5. The van der Waals surface area contributed by atoms with Gasteiger partial charge in [-0.15, -0.1) is 5.11 Å². The summed E-state index contributed by atoms with van der Waals surface area (Å²) in [5.74, 6) is 0.106. The van der Waals surface area contributed by atoms with Gasteiger partial charge in [-0.2, -0.15) is 9.80 Å². The first-order valence-corrected chi connectivity index (χ1v) is 7.81. The van der Waals surface area contributed by atoms with E-state index in [2.05, 4.69) is 25.3 Å². The molecule has 2 aromatic heterocycles. The highest BCUT2D eigenvalue weighted by Crippen LogP contribution is 2.20. The van der Waals surface area contributed by atoms with Gasteiger partial charge < -0.3 is 0 Å². The minimum Gasteiger partial charge on any atom is -0.291 e. The van der Waals surface area contributed by atoms with Crippen molar-refractivity contribution in [1.82, 2.24) is 19.7 Å². The van der Waals surface area contributed by atoms with Crippen LogP contribution in [0.15, 0.2) is 44.1 Å². The number of aryl methyl sites for hydroxylation is 2. The van der Waals surface area contributed by atoms with Gasteiger partial charge in [-0.05, 0) is 45.0 Å². The summed E-state index contributed by atoms with van der Waals surface area (Å²) in [5, 5.41) is 11.5. The zero-order chi connectivity index (χ0) is 18.1. The lowest BCUT2D eigenvalue weighted by atomic mass is 10.3. The Kier molecular flexibility index (Phi) is 4.37. The molecule has 128 valence electrons. The normalized spacial score (nSPS) is 11.4. The summed E-state index contributed by atoms with van der Waals surface area (Å²) in [4.78, 5) is 31.3. The summed E-state index contributed by atoms with van der Waals surface area (Å²) >= 11 is 5.82. The first-order chi connectivity index (χ1) is 11.9. The van der Waals surface area contributed by atoms with Crippen molar-refractivity contribution in [2.45, 2.75) is 20.8 Å². The van der Waals surface area contributed by atoms with E-state index in [0.29, 0.717) is 27.7 Å². The molecule has 0 aliphatic carbocycles. The van der Waals surface area contributed by atoms with Crippen LogP contribution in [0.4, 0.5) is 11.4 Å². The van der Waals surface area contributed by atoms with Crippen molar-refractivity contribution in [3.63, 3.8) is 0 Å². The third-order valence-corrected chi connectivity index (χ3v) is 3.98. The van der Waals surface area contributed by atoms with Gasteiger partial charge in [0.25, 0.3) is 5.56 Å². The van der Waals surface area contributed by atoms with E-state index in [1.54, 1.807) is 45.0 Å². The van der Waals surface area contributed by atoms with Gasteiger partial charge in [-0.3, -0.25) is 19.7 Å². The van der Waals surface area contributed by atoms with Crippen molar-refractivity contribution in [1.29, 1.82) is 0 Å². The molecule has 9 heteroatoms. The van der Waals surface area contributed by atoms with Crippen LogP contribution in [0.25, 0.3) is 5.95 Å². The van der Waals surface area contributed by atoms with Crippen molar-refractivity contribution in [3.8, 4) is 5.95 Å². The molecule has 3 rings (SSSR count). The molecule has 0 radical (unpaired) electrons. The van der Waals surface area contributed by atoms with Crippen LogP contribution in [0.1, 0.15) is 17.0 Å². The highest BCUT2D eigenvalue weighted by Gasteiger charge is 2.15. The number of benzene rings is 1. The maximum Gasteiger partial charge on any atom is 0.301 e. The fourth-order valence-electron chi connectivity index (χ4n) is 2.16. The summed E-state index contributed by atoms with van der Waals surface area (Å²) in [6.07, 6.45) is 0. The molecule has 0 bridgehead atoms. The van der Waals surface area contributed by atoms with Crippen LogP contribution in [0.3, 0.4) is 0 Å². The van der Waals surface area contributed by atoms with Gasteiger partial charge in [0.1, 0.15) is 0 Å². The minimum absolute atomic E-state index is 0.106. The zero-order valence-electron chi connectivity index (χ0n) is 13.8. The molecule has 1 aromatic carbocycles. The number of azo groups is 1. The number of nitrogens with one attached hydrogen (secondary N) is 2. The molecular formula is C16H15ClN6O2. The van der Waals surface area contributed by atoms with E-state index >= 15 is 0 Å². The van der Waals surface area contributed by atoms with Crippen LogP contribution in [0.2, 0.25) is 5.02 Å². The Morgan fingerprint density at radius 1 is 1.08 bits per heavy atom. The number of H-pyrrole nitrogens is 2. The molecule has 0 fully saturated rings. The summed E-state index contributed by atoms with van der Waals surface area (Å²) in [5.41, 5.74) is 1.49. The second-order valence-electron chi connectivity index (χ2n) is 5.50. The highest BCUT2D eigenvalue weighted by molar-refractivity contribution is 6.30. The van der Waals surface area contributed by atoms with E-state index in [1.165, 1.54) is 0 Å². The number of rotatable bonds is 3. The van der Waals surface area contributed by atoms with Gasteiger partial charge in [-0.1, -0.05) is 11.6 Å². The summed E-state index contributed by atoms with van der Waals surface area (Å²) in [7, 11) is 0. The van der Waals surface area contributed by atoms with Crippen molar-refractivity contribution in [3.05, 3.63) is 66.9 Å². The van der Waals surface area contributed by atoms with E-state index < -0.39 is 5.56 Å². The maximum atomic E-state index is 12.6. The Labute approximate surface area is 147 Å². The summed E-state index contributed by atoms with van der Waals surface area (Å²) in [6.45, 7) is 5.06. The molecule has 0 aliphatic heterocycles. The Morgan fingerprint density at radius 3 is 2.40 bits per heavy atom. The molecule has 0 atom stereocenters. The fourth-order valence-corrected chi connectivity index (χ4v) is 2.28. The predicted molar refractivity (Wildman–Crippen MR) is 94.6 cm³/mol. The average Bonchev–Trinajstić information content (AvgIpc) is 2.86. The fraction of sp³-hybridized carbons (Fsp3) is 0.188. The largest absolute Gasteiger partial charge is 0.301 e. The third kappa shape index (κ3) is 3.29. The SMILES string of the molecule is Cc1nc(-n2[nH]c(C)c(N=Nc3ccc(Cl)cc3)c2=O)[nH]c(=O)c1C. The first-order valence-electron chi connectivity index (χ1n) is 7.43. The van der Waals surface area contributed by atoms with Gasteiger partial charge in [0.05, 0.1) is 11.4 Å². The number of halogens is 1. The van der Waals surface area contributed by atoms with Crippen LogP contribution in [0.5, 0.6) is 0 Å². The van der Waals surface area contributed by atoms with Gasteiger partial charge >= 0.3 is 5.56 Å². The quantitative estimate of drug-likeness (QED) is 0.701. The van der Waals surface area contributed by atoms with Crippen LogP contribution < -0.4 is 11.1 Å². The third-order valence-electron chi connectivity index (χ3n) is 3.73. The van der Waals surface area contributed by atoms with Crippen LogP contribution in [-0.4, -0.2) is 19.7 Å². The molecule has 2 heterocycles. The van der Waals surface area contributed by atoms with Crippen LogP contribution in [0, 0.1) is 20.8 Å². The van der Waals surface area contributed by atoms with Crippen molar-refractivity contribution < 1.29 is 0 Å². The topological polar surface area (TPSA) is 108 Å². The number of hydrogen-bond acceptors (Lipinski definition) is 5. The van der Waals surface area contributed by atoms with Crippen molar-refractivity contribution in [2.75, 3.05) is 0 Å². The predicted octanol–water partition coefficient (Wildman–Crippen LogP) is 3.24. The standard InChI is InChI=1S/C16H15ClN6O2/c1-8-9(2)18-16(19-14(8)24)23-15(25)13(10(3)22-23)21-20-12-6-4-11(17)5-7-12/h4-7,22H,1-3H3,(H,18,19,24). The molecule has 0 saturated carbocycles. The second kappa shape index (κ2) is 6.48. The van der Waals surface area contributed by atoms with Crippen LogP contribution >= 0.6 is 11.6 Å². The van der Waals surface area contributed by atoms with E-state index in [9.17, 15) is 9.59 Å². The van der Waals surface area contributed by atoms with E-state index in [0.717, 1.165) is 4.68 Å². The Balaban J connectivity index is 2.03. The lowest BCUT2D eigenvalue weighted by molar-refractivity contribution is 0.759. The Hall–Kier alpha value is -3.00. The van der Waals surface area contributed by atoms with E-state index in [4.69, 9.17) is 11.6 Å². The number of hydrogen-bond donors (Lipinski definition) is 2. The molecule has 8 nitrogen and oxygen atoms in total. The second-order valence-corrected chi connectivity index (χ2v) is 5.94. The lowest BCUT2D eigenvalue weighted by Gasteiger charge is -2.03. The van der Waals surface area contributed by atoms with Crippen molar-refractivity contribution >= 4 is 23.0 Å². The molecule has 0 aliphatic rings. The van der Waals surface area contributed by atoms with Gasteiger partial charge in [0.15, 0.2) is 5.69 Å². The van der Waals surface area contributed by atoms with Gasteiger partial charge in [0, 0.05) is 16.3 Å². The van der Waals surface area contributed by atoms with Gasteiger partial charge in [-0.25, -0.2) is 4.98 Å². The summed E-state index contributed by atoms with van der Waals surface area (Å²) in [6, 6.07) is 6.74. The minimum atomic E-state index is -0.457. The number of aromatic amines is 2. The molecule has 0 saturated heterocycles. The maximum absolute atomic E-state index is 12.6. The Morgan fingerprint density at radius 2 is 1.76 bits per heavy atom. The molecular weight excluding hydrogens is 344 g/mol. The number of aromatic nitrogens is 4. The average molecular weight is 359 g/mol. The van der Waals surface area contributed by atoms with E-state index in [-0.39, 0.29) is 17.2 Å². The smallest absolute Gasteiger partial charge is 0.291 e. The lowest BCUT2D eigenvalue weighted by Crippen LogP contribution is -2.23. The Bertz CT molecular complexity index is 1080. The van der Waals surface area contributed by atoms with E-state index in [1.807, 2.05) is 0 Å². The first kappa shape index (κ1) is 16.8. The summed E-state index contributed by atoms with van der Waals surface area (Å²) < 4.78 is 1.14. The molecule has 25 heavy (non-hydrogen) atoms. The van der Waals surface area contributed by atoms with Crippen molar-refractivity contribution in [2.24, 2.45) is 10.2 Å². The molecule has 2 N–H and O–H groups in total. The molecule has 0 spiro atoms.